The summed E-state index contributed by atoms with van der Waals surface area (Å²) in [6, 6.07) is 9.46. The van der Waals surface area contributed by atoms with Crippen LogP contribution in [0.2, 0.25) is 0 Å². The average Bonchev–Trinajstić information content (AvgIpc) is 3.19. The highest BCUT2D eigenvalue weighted by atomic mass is 32.2. The van der Waals surface area contributed by atoms with E-state index < -0.39 is 5.97 Å². The molecule has 3 atom stereocenters. The molecule has 1 saturated heterocycles. The van der Waals surface area contributed by atoms with E-state index in [1.165, 1.54) is 18.9 Å². The summed E-state index contributed by atoms with van der Waals surface area (Å²) in [5, 5.41) is 2.77. The van der Waals surface area contributed by atoms with Gasteiger partial charge in [0.1, 0.15) is 0 Å². The lowest BCUT2D eigenvalue weighted by molar-refractivity contribution is -0.142. The van der Waals surface area contributed by atoms with Crippen molar-refractivity contribution in [3.8, 4) is 0 Å². The highest BCUT2D eigenvalue weighted by molar-refractivity contribution is 8.16. The number of benzene rings is 1. The molecule has 7 nitrogen and oxygen atoms in total. The van der Waals surface area contributed by atoms with Crippen molar-refractivity contribution in [3.63, 3.8) is 0 Å². The topological polar surface area (TPSA) is 71.4 Å². The van der Waals surface area contributed by atoms with Crippen LogP contribution in [0.3, 0.4) is 0 Å². The van der Waals surface area contributed by atoms with E-state index in [9.17, 15) is 9.59 Å². The highest BCUT2D eigenvalue weighted by Gasteiger charge is 2.42. The van der Waals surface area contributed by atoms with Crippen molar-refractivity contribution in [3.05, 3.63) is 58.3 Å². The largest absolute Gasteiger partial charge is 0.466 e. The number of fused-ring (bicyclic) bond motifs is 1. The first kappa shape index (κ1) is 22.6. The van der Waals surface area contributed by atoms with Crippen molar-refractivity contribution < 1.29 is 19.1 Å². The Morgan fingerprint density at radius 2 is 1.88 bits per heavy atom. The Labute approximate surface area is 193 Å². The Hall–Kier alpha value is -2.58. The highest BCUT2D eigenvalue weighted by Crippen LogP contribution is 2.45. The summed E-state index contributed by atoms with van der Waals surface area (Å²) in [5.74, 6) is -0.339. The molecule has 1 aromatic rings. The van der Waals surface area contributed by atoms with Crippen LogP contribution >= 0.6 is 11.8 Å². The number of carbonyl (C=O) groups is 2. The van der Waals surface area contributed by atoms with Crippen molar-refractivity contribution in [2.24, 2.45) is 4.99 Å². The fourth-order valence-corrected chi connectivity index (χ4v) is 5.45. The van der Waals surface area contributed by atoms with E-state index >= 15 is 0 Å². The summed E-state index contributed by atoms with van der Waals surface area (Å²) < 4.78 is 10.9. The molecule has 0 bridgehead atoms. The van der Waals surface area contributed by atoms with Gasteiger partial charge in [-0.3, -0.25) is 4.79 Å². The molecule has 3 aliphatic heterocycles. The maximum atomic E-state index is 13.2. The summed E-state index contributed by atoms with van der Waals surface area (Å²) in [5.41, 5.74) is 3.05. The van der Waals surface area contributed by atoms with Crippen LogP contribution in [0, 0.1) is 0 Å². The molecule has 3 unspecified atom stereocenters. The first-order valence-corrected chi connectivity index (χ1v) is 11.8. The van der Waals surface area contributed by atoms with Gasteiger partial charge in [0.25, 0.3) is 0 Å². The third-order valence-corrected chi connectivity index (χ3v) is 6.74. The lowest BCUT2D eigenvalue weighted by Gasteiger charge is -2.38. The first-order chi connectivity index (χ1) is 15.4. The van der Waals surface area contributed by atoms with Gasteiger partial charge in [0.15, 0.2) is 5.17 Å². The van der Waals surface area contributed by atoms with E-state index in [0.717, 1.165) is 22.1 Å². The van der Waals surface area contributed by atoms with Crippen molar-refractivity contribution in [1.82, 2.24) is 9.80 Å². The van der Waals surface area contributed by atoms with Crippen LogP contribution in [0.15, 0.2) is 57.7 Å². The third kappa shape index (κ3) is 4.34. The normalized spacial score (nSPS) is 25.3. The molecule has 4 rings (SSSR count). The molecule has 1 fully saturated rings. The Balaban J connectivity index is 1.67. The number of allylic oxidation sites excluding steroid dienone is 1. The number of amidine groups is 1. The van der Waals surface area contributed by atoms with Crippen molar-refractivity contribution in [2.45, 2.75) is 51.9 Å². The van der Waals surface area contributed by atoms with Gasteiger partial charge in [0.2, 0.25) is 5.91 Å². The third-order valence-electron chi connectivity index (χ3n) is 5.85. The number of aliphatic imine (C=N–C) groups is 1. The zero-order chi connectivity index (χ0) is 22.8. The van der Waals surface area contributed by atoms with E-state index in [0.29, 0.717) is 25.1 Å². The van der Waals surface area contributed by atoms with Gasteiger partial charge in [-0.15, -0.1) is 0 Å². The van der Waals surface area contributed by atoms with E-state index in [4.69, 9.17) is 14.5 Å². The van der Waals surface area contributed by atoms with Crippen LogP contribution in [0.1, 0.15) is 45.2 Å². The van der Waals surface area contributed by atoms with Crippen LogP contribution in [0.4, 0.5) is 0 Å². The molecule has 3 heterocycles. The standard InChI is InChI=1S/C24H29N3O4S/c1-5-19-21(23(29)30-4)22(17-9-7-6-8-10-17)27-18(14-32-24(27)25-19)11-20(28)26-12-15(2)31-16(3)13-26/h6-10,14-16,22H,5,11-13H2,1-4H3. The molecule has 0 saturated carbocycles. The summed E-state index contributed by atoms with van der Waals surface area (Å²) in [7, 11) is 1.39. The van der Waals surface area contributed by atoms with E-state index in [-0.39, 0.29) is 30.6 Å². The van der Waals surface area contributed by atoms with E-state index in [1.807, 2.05) is 66.3 Å². The molecule has 170 valence electrons. The smallest absolute Gasteiger partial charge is 0.338 e. The van der Waals surface area contributed by atoms with Gasteiger partial charge >= 0.3 is 5.97 Å². The number of thioether (sulfide) groups is 1. The molecule has 0 aliphatic carbocycles. The van der Waals surface area contributed by atoms with Gasteiger partial charge in [-0.05, 0) is 31.2 Å². The number of hydrogen-bond donors (Lipinski definition) is 0. The number of methoxy groups -OCH3 is 1. The molecule has 3 aliphatic rings. The van der Waals surface area contributed by atoms with E-state index in [1.54, 1.807) is 0 Å². The predicted molar refractivity (Wildman–Crippen MR) is 125 cm³/mol. The molecule has 32 heavy (non-hydrogen) atoms. The van der Waals surface area contributed by atoms with Gasteiger partial charge < -0.3 is 19.3 Å². The molecule has 0 spiro atoms. The van der Waals surface area contributed by atoms with Crippen LogP contribution in [0.25, 0.3) is 0 Å². The number of morpholine rings is 1. The molecule has 8 heteroatoms. The molecule has 0 aromatic heterocycles. The fourth-order valence-electron chi connectivity index (χ4n) is 4.51. The van der Waals surface area contributed by atoms with Gasteiger partial charge in [-0.2, -0.15) is 0 Å². The minimum atomic E-state index is -0.392. The molecular weight excluding hydrogens is 426 g/mol. The summed E-state index contributed by atoms with van der Waals surface area (Å²) >= 11 is 1.50. The lowest BCUT2D eigenvalue weighted by Crippen LogP contribution is -2.48. The SMILES string of the molecule is CCC1=C(C(=O)OC)C(c2ccccc2)N2C(CC(=O)N3CC(C)OC(C)C3)=CSC2=N1. The van der Waals surface area contributed by atoms with Gasteiger partial charge in [-0.1, -0.05) is 49.0 Å². The quantitative estimate of drug-likeness (QED) is 0.628. The summed E-state index contributed by atoms with van der Waals surface area (Å²) in [4.78, 5) is 34.7. The number of nitrogens with zero attached hydrogens (tertiary/aromatic N) is 3. The Morgan fingerprint density at radius 3 is 2.50 bits per heavy atom. The van der Waals surface area contributed by atoms with Gasteiger partial charge in [0, 0.05) is 18.8 Å². The summed E-state index contributed by atoms with van der Waals surface area (Å²) in [6.07, 6.45) is 0.883. The number of ether oxygens (including phenoxy) is 2. The number of rotatable bonds is 5. The second-order valence-corrected chi connectivity index (χ2v) is 9.08. The Bertz CT molecular complexity index is 978. The summed E-state index contributed by atoms with van der Waals surface area (Å²) in [6.45, 7) is 7.13. The monoisotopic (exact) mass is 455 g/mol. The molecule has 0 N–H and O–H groups in total. The second kappa shape index (κ2) is 9.50. The number of carbonyl (C=O) groups excluding carboxylic acids is 2. The van der Waals surface area contributed by atoms with Gasteiger partial charge in [0.05, 0.1) is 43.1 Å². The minimum Gasteiger partial charge on any atom is -0.466 e. The maximum absolute atomic E-state index is 13.2. The van der Waals surface area contributed by atoms with Crippen LogP contribution in [-0.4, -0.2) is 59.3 Å². The predicted octanol–water partition coefficient (Wildman–Crippen LogP) is 3.85. The van der Waals surface area contributed by atoms with Crippen molar-refractivity contribution >= 4 is 28.8 Å². The van der Waals surface area contributed by atoms with Crippen LogP contribution in [-0.2, 0) is 19.1 Å². The molecular formula is C24H29N3O4S. The molecule has 0 radical (unpaired) electrons. The van der Waals surface area contributed by atoms with Crippen LogP contribution < -0.4 is 0 Å². The van der Waals surface area contributed by atoms with E-state index in [2.05, 4.69) is 0 Å². The number of esters is 1. The number of hydrogen-bond acceptors (Lipinski definition) is 7. The van der Waals surface area contributed by atoms with Crippen LogP contribution in [0.5, 0.6) is 0 Å². The minimum absolute atomic E-state index is 0.0137. The average molecular weight is 456 g/mol. The Kier molecular flexibility index (Phi) is 6.71. The van der Waals surface area contributed by atoms with Crippen molar-refractivity contribution in [1.29, 1.82) is 0 Å². The zero-order valence-electron chi connectivity index (χ0n) is 18.9. The van der Waals surface area contributed by atoms with Gasteiger partial charge in [-0.25, -0.2) is 9.79 Å². The lowest BCUT2D eigenvalue weighted by atomic mass is 9.93. The first-order valence-electron chi connectivity index (χ1n) is 11.0. The zero-order valence-corrected chi connectivity index (χ0v) is 19.7. The number of amides is 1. The molecule has 1 amide bonds. The van der Waals surface area contributed by atoms with Crippen molar-refractivity contribution in [2.75, 3.05) is 20.2 Å². The Morgan fingerprint density at radius 1 is 1.19 bits per heavy atom. The maximum Gasteiger partial charge on any atom is 0.338 e. The second-order valence-electron chi connectivity index (χ2n) is 8.24. The molecule has 1 aromatic carbocycles. The fraction of sp³-hybridized carbons (Fsp3) is 0.458.